The zero-order chi connectivity index (χ0) is 18.4. The van der Waals surface area contributed by atoms with Crippen molar-refractivity contribution in [2.45, 2.75) is 37.6 Å². The highest BCUT2D eigenvalue weighted by Gasteiger charge is 2.49. The standard InChI is InChI=1S/C20H25N5O2/c21-24-22-11-27-6-4-13-7-12-8-17-19-15(3-5-25(10-12)20(13)17)16-9-14(26)1-2-18(16)23-19/h1-2,9,12-13,17,20,23,26H,3-8,10-11H2. The highest BCUT2D eigenvalue weighted by atomic mass is 16.5. The minimum atomic E-state index is 0.125. The number of ether oxygens (including phenoxy) is 1. The molecule has 1 aromatic carbocycles. The number of azide groups is 1. The monoisotopic (exact) mass is 367 g/mol. The number of aromatic amines is 1. The first-order valence-electron chi connectivity index (χ1n) is 9.90. The van der Waals surface area contributed by atoms with Gasteiger partial charge in [0.2, 0.25) is 0 Å². The molecule has 142 valence electrons. The molecule has 5 atom stereocenters. The first-order chi connectivity index (χ1) is 13.2. The number of hydrogen-bond donors (Lipinski definition) is 2. The Hall–Kier alpha value is -2.21. The second-order valence-corrected chi connectivity index (χ2v) is 8.24. The lowest BCUT2D eigenvalue weighted by Crippen LogP contribution is -2.56. The predicted octanol–water partition coefficient (Wildman–Crippen LogP) is 3.90. The molecule has 6 rings (SSSR count). The maximum absolute atomic E-state index is 9.95. The van der Waals surface area contributed by atoms with E-state index < -0.39 is 0 Å². The number of benzene rings is 1. The summed E-state index contributed by atoms with van der Waals surface area (Å²) in [4.78, 5) is 9.14. The lowest BCUT2D eigenvalue weighted by molar-refractivity contribution is -0.0249. The summed E-state index contributed by atoms with van der Waals surface area (Å²) in [5, 5.41) is 14.6. The van der Waals surface area contributed by atoms with Crippen molar-refractivity contribution in [1.82, 2.24) is 9.88 Å². The molecule has 7 nitrogen and oxygen atoms in total. The van der Waals surface area contributed by atoms with E-state index in [1.54, 1.807) is 6.07 Å². The van der Waals surface area contributed by atoms with Crippen LogP contribution in [0, 0.1) is 11.8 Å². The third kappa shape index (κ3) is 2.87. The van der Waals surface area contributed by atoms with Crippen LogP contribution < -0.4 is 0 Å². The average Bonchev–Trinajstić information content (AvgIpc) is 2.98. The van der Waals surface area contributed by atoms with E-state index in [9.17, 15) is 5.11 Å². The third-order valence-electron chi connectivity index (χ3n) is 6.82. The van der Waals surface area contributed by atoms with Crippen molar-refractivity contribution in [2.24, 2.45) is 17.0 Å². The number of nitrogens with one attached hydrogen (secondary N) is 1. The number of rotatable bonds is 5. The first-order valence-corrected chi connectivity index (χ1v) is 9.90. The fourth-order valence-corrected chi connectivity index (χ4v) is 5.93. The van der Waals surface area contributed by atoms with Crippen LogP contribution in [0.15, 0.2) is 23.3 Å². The molecule has 5 unspecified atom stereocenters. The zero-order valence-corrected chi connectivity index (χ0v) is 15.3. The van der Waals surface area contributed by atoms with E-state index in [-0.39, 0.29) is 6.73 Å². The lowest BCUT2D eigenvalue weighted by Gasteiger charge is -2.53. The van der Waals surface area contributed by atoms with Crippen LogP contribution in [0.2, 0.25) is 0 Å². The second kappa shape index (κ2) is 6.75. The van der Waals surface area contributed by atoms with Gasteiger partial charge in [-0.1, -0.05) is 5.11 Å². The van der Waals surface area contributed by atoms with Crippen molar-refractivity contribution in [3.05, 3.63) is 39.9 Å². The molecule has 0 spiro atoms. The minimum Gasteiger partial charge on any atom is -0.508 e. The Bertz CT molecular complexity index is 903. The van der Waals surface area contributed by atoms with Gasteiger partial charge in [0.15, 0.2) is 0 Å². The van der Waals surface area contributed by atoms with Gasteiger partial charge in [-0.05, 0) is 66.8 Å². The summed E-state index contributed by atoms with van der Waals surface area (Å²) in [6.07, 6.45) is 4.59. The molecular weight excluding hydrogens is 342 g/mol. The van der Waals surface area contributed by atoms with E-state index in [1.807, 2.05) is 12.1 Å². The van der Waals surface area contributed by atoms with Gasteiger partial charge in [-0.15, -0.1) is 0 Å². The molecule has 0 radical (unpaired) electrons. The molecular formula is C20H25N5O2. The van der Waals surface area contributed by atoms with Crippen LogP contribution >= 0.6 is 0 Å². The van der Waals surface area contributed by atoms with Crippen molar-refractivity contribution < 1.29 is 9.84 Å². The second-order valence-electron chi connectivity index (χ2n) is 8.24. The van der Waals surface area contributed by atoms with Crippen LogP contribution in [0.3, 0.4) is 0 Å². The van der Waals surface area contributed by atoms with E-state index in [2.05, 4.69) is 19.9 Å². The third-order valence-corrected chi connectivity index (χ3v) is 6.82. The highest BCUT2D eigenvalue weighted by Crippen LogP contribution is 2.51. The molecule has 0 amide bonds. The largest absolute Gasteiger partial charge is 0.508 e. The molecule has 3 fully saturated rings. The van der Waals surface area contributed by atoms with Gasteiger partial charge in [0.1, 0.15) is 12.5 Å². The summed E-state index contributed by atoms with van der Waals surface area (Å²) >= 11 is 0. The van der Waals surface area contributed by atoms with Crippen molar-refractivity contribution in [2.75, 3.05) is 26.4 Å². The highest BCUT2D eigenvalue weighted by molar-refractivity contribution is 5.86. The Kier molecular flexibility index (Phi) is 4.23. The van der Waals surface area contributed by atoms with Crippen LogP contribution in [0.25, 0.3) is 21.3 Å². The zero-order valence-electron chi connectivity index (χ0n) is 15.3. The number of phenols is 1. The number of H-pyrrole nitrogens is 1. The minimum absolute atomic E-state index is 0.125. The molecule has 2 saturated heterocycles. The van der Waals surface area contributed by atoms with Crippen molar-refractivity contribution in [1.29, 1.82) is 0 Å². The normalized spacial score (nSPS) is 31.3. The molecule has 1 aromatic heterocycles. The van der Waals surface area contributed by atoms with Gasteiger partial charge >= 0.3 is 0 Å². The van der Waals surface area contributed by atoms with E-state index in [0.717, 1.165) is 30.8 Å². The van der Waals surface area contributed by atoms with Crippen molar-refractivity contribution in [3.63, 3.8) is 0 Å². The number of piperidine rings is 2. The van der Waals surface area contributed by atoms with Crippen molar-refractivity contribution in [3.8, 4) is 5.75 Å². The fourth-order valence-electron chi connectivity index (χ4n) is 5.93. The summed E-state index contributed by atoms with van der Waals surface area (Å²) in [5.41, 5.74) is 12.3. The quantitative estimate of drug-likeness (QED) is 0.363. The number of phenolic OH excluding ortho intramolecular Hbond substituents is 1. The molecule has 1 aliphatic carbocycles. The number of aromatic nitrogens is 1. The lowest BCUT2D eigenvalue weighted by atomic mass is 9.65. The van der Waals surface area contributed by atoms with Gasteiger partial charge in [0.05, 0.1) is 0 Å². The molecule has 2 N–H and O–H groups in total. The molecule has 1 saturated carbocycles. The number of aromatic hydroxyl groups is 1. The molecule has 7 heteroatoms. The van der Waals surface area contributed by atoms with E-state index in [0.29, 0.717) is 30.2 Å². The van der Waals surface area contributed by atoms with Crippen LogP contribution in [0.5, 0.6) is 5.75 Å². The van der Waals surface area contributed by atoms with Gasteiger partial charge in [-0.25, -0.2) is 0 Å². The van der Waals surface area contributed by atoms with Gasteiger partial charge < -0.3 is 14.8 Å². The van der Waals surface area contributed by atoms with Crippen LogP contribution in [-0.4, -0.2) is 47.5 Å². The molecule has 4 aliphatic rings. The smallest absolute Gasteiger partial charge is 0.125 e. The fraction of sp³-hybridized carbons (Fsp3) is 0.600. The average molecular weight is 367 g/mol. The van der Waals surface area contributed by atoms with Crippen LogP contribution in [0.1, 0.15) is 36.4 Å². The Morgan fingerprint density at radius 1 is 1.37 bits per heavy atom. The molecule has 2 aromatic rings. The maximum Gasteiger partial charge on any atom is 0.125 e. The van der Waals surface area contributed by atoms with Crippen LogP contribution in [0.4, 0.5) is 0 Å². The number of nitrogens with zero attached hydrogens (tertiary/aromatic N) is 4. The number of fused-ring (bicyclic) bond motifs is 4. The molecule has 4 heterocycles. The molecule has 27 heavy (non-hydrogen) atoms. The summed E-state index contributed by atoms with van der Waals surface area (Å²) in [7, 11) is 0. The Morgan fingerprint density at radius 3 is 3.19 bits per heavy atom. The van der Waals surface area contributed by atoms with Gasteiger partial charge in [-0.3, -0.25) is 4.90 Å². The van der Waals surface area contributed by atoms with E-state index in [1.165, 1.54) is 36.0 Å². The Labute approximate surface area is 157 Å². The van der Waals surface area contributed by atoms with Gasteiger partial charge in [-0.2, -0.15) is 0 Å². The van der Waals surface area contributed by atoms with Crippen molar-refractivity contribution >= 4 is 10.9 Å². The topological polar surface area (TPSA) is 97.2 Å². The van der Waals surface area contributed by atoms with E-state index in [4.69, 9.17) is 10.3 Å². The molecule has 3 aliphatic heterocycles. The maximum atomic E-state index is 9.95. The van der Waals surface area contributed by atoms with Gasteiger partial charge in [0.25, 0.3) is 0 Å². The van der Waals surface area contributed by atoms with E-state index >= 15 is 0 Å². The predicted molar refractivity (Wildman–Crippen MR) is 103 cm³/mol. The Morgan fingerprint density at radius 2 is 2.30 bits per heavy atom. The van der Waals surface area contributed by atoms with Crippen LogP contribution in [-0.2, 0) is 11.2 Å². The Balaban J connectivity index is 1.44. The number of hydrogen-bond acceptors (Lipinski definition) is 4. The summed E-state index contributed by atoms with van der Waals surface area (Å²) in [5.74, 6) is 2.24. The van der Waals surface area contributed by atoms with Gasteiger partial charge in [0, 0.05) is 53.2 Å². The summed E-state index contributed by atoms with van der Waals surface area (Å²) in [6.45, 7) is 3.08. The SMILES string of the molecule is [N-]=[N+]=NCOCCC1CC2CC3c4[nH]c5ccc(O)cc5c4CCN(C2)C13. The molecule has 4 bridgehead atoms. The summed E-state index contributed by atoms with van der Waals surface area (Å²) in [6, 6.07) is 6.23. The first kappa shape index (κ1) is 16.9. The summed E-state index contributed by atoms with van der Waals surface area (Å²) < 4.78 is 5.49.